The number of likely N-dealkylation sites (N-methyl/N-ethyl adjacent to an activating group) is 1. The normalized spacial score (nSPS) is 15.4. The van der Waals surface area contributed by atoms with Gasteiger partial charge in [0.05, 0.1) is 12.7 Å². The molecule has 1 aromatic carbocycles. The summed E-state index contributed by atoms with van der Waals surface area (Å²) in [6, 6.07) is 8.21. The first-order valence-electron chi connectivity index (χ1n) is 9.60. The SMILES string of the molecule is CN(C)CCn1cc(-c2cccc(N(C)C(=O)C3CCCCC3)c2)cn1. The van der Waals surface area contributed by atoms with Crippen molar-refractivity contribution >= 4 is 11.6 Å². The molecule has 0 unspecified atom stereocenters. The first kappa shape index (κ1) is 18.6. The molecular formula is C21H30N4O. The van der Waals surface area contributed by atoms with E-state index in [4.69, 9.17) is 0 Å². The van der Waals surface area contributed by atoms with Crippen LogP contribution in [0.25, 0.3) is 11.1 Å². The molecule has 2 aromatic rings. The first-order chi connectivity index (χ1) is 12.5. The lowest BCUT2D eigenvalue weighted by Gasteiger charge is -2.26. The topological polar surface area (TPSA) is 41.4 Å². The van der Waals surface area contributed by atoms with Crippen molar-refractivity contribution in [2.75, 3.05) is 32.6 Å². The van der Waals surface area contributed by atoms with Crippen LogP contribution in [0.5, 0.6) is 0 Å². The minimum absolute atomic E-state index is 0.186. The van der Waals surface area contributed by atoms with E-state index in [-0.39, 0.29) is 11.8 Å². The van der Waals surface area contributed by atoms with Crippen LogP contribution in [0.15, 0.2) is 36.7 Å². The Morgan fingerprint density at radius 1 is 1.15 bits per heavy atom. The number of anilines is 1. The van der Waals surface area contributed by atoms with Crippen LogP contribution in [-0.2, 0) is 11.3 Å². The summed E-state index contributed by atoms with van der Waals surface area (Å²) in [6.45, 7) is 1.83. The lowest BCUT2D eigenvalue weighted by molar-refractivity contribution is -0.123. The van der Waals surface area contributed by atoms with Gasteiger partial charge in [-0.15, -0.1) is 0 Å². The predicted octanol–water partition coefficient (Wildman–Crippen LogP) is 3.65. The van der Waals surface area contributed by atoms with E-state index in [1.807, 2.05) is 35.0 Å². The van der Waals surface area contributed by atoms with Gasteiger partial charge in [-0.25, -0.2) is 0 Å². The molecular weight excluding hydrogens is 324 g/mol. The fraction of sp³-hybridized carbons (Fsp3) is 0.524. The van der Waals surface area contributed by atoms with Gasteiger partial charge in [0.1, 0.15) is 0 Å². The van der Waals surface area contributed by atoms with Gasteiger partial charge in [0, 0.05) is 37.0 Å². The molecule has 0 aliphatic heterocycles. The maximum Gasteiger partial charge on any atom is 0.229 e. The van der Waals surface area contributed by atoms with Gasteiger partial charge in [0.2, 0.25) is 5.91 Å². The molecule has 0 radical (unpaired) electrons. The maximum atomic E-state index is 12.8. The van der Waals surface area contributed by atoms with Gasteiger partial charge in [0.25, 0.3) is 0 Å². The highest BCUT2D eigenvalue weighted by atomic mass is 16.2. The highest BCUT2D eigenvalue weighted by Crippen LogP contribution is 2.29. The Kier molecular flexibility index (Phi) is 6.09. The average molecular weight is 354 g/mol. The van der Waals surface area contributed by atoms with Gasteiger partial charge in [-0.3, -0.25) is 9.48 Å². The second kappa shape index (κ2) is 8.49. The van der Waals surface area contributed by atoms with E-state index in [1.54, 1.807) is 0 Å². The Morgan fingerprint density at radius 2 is 1.92 bits per heavy atom. The third-order valence-electron chi connectivity index (χ3n) is 5.26. The van der Waals surface area contributed by atoms with Crippen molar-refractivity contribution in [1.82, 2.24) is 14.7 Å². The number of hydrogen-bond donors (Lipinski definition) is 0. The quantitative estimate of drug-likeness (QED) is 0.795. The zero-order chi connectivity index (χ0) is 18.5. The van der Waals surface area contributed by atoms with E-state index in [9.17, 15) is 4.79 Å². The van der Waals surface area contributed by atoms with Crippen molar-refractivity contribution in [1.29, 1.82) is 0 Å². The molecule has 140 valence electrons. The van der Waals surface area contributed by atoms with E-state index in [2.05, 4.69) is 42.4 Å². The third kappa shape index (κ3) is 4.52. The van der Waals surface area contributed by atoms with E-state index >= 15 is 0 Å². The summed E-state index contributed by atoms with van der Waals surface area (Å²) in [6.07, 6.45) is 9.65. The monoisotopic (exact) mass is 354 g/mol. The second-order valence-corrected chi connectivity index (χ2v) is 7.58. The van der Waals surface area contributed by atoms with Crippen LogP contribution in [0.2, 0.25) is 0 Å². The Labute approximate surface area is 156 Å². The summed E-state index contributed by atoms with van der Waals surface area (Å²) in [4.78, 5) is 16.8. The lowest BCUT2D eigenvalue weighted by Crippen LogP contribution is -2.33. The number of carbonyl (C=O) groups is 1. The third-order valence-corrected chi connectivity index (χ3v) is 5.26. The lowest BCUT2D eigenvalue weighted by atomic mass is 9.88. The van der Waals surface area contributed by atoms with E-state index in [0.717, 1.165) is 42.7 Å². The summed E-state index contributed by atoms with van der Waals surface area (Å²) in [5.74, 6) is 0.440. The Morgan fingerprint density at radius 3 is 2.65 bits per heavy atom. The number of aromatic nitrogens is 2. The van der Waals surface area contributed by atoms with Gasteiger partial charge in [-0.2, -0.15) is 5.10 Å². The van der Waals surface area contributed by atoms with Crippen molar-refractivity contribution in [2.24, 2.45) is 5.92 Å². The molecule has 1 aliphatic rings. The molecule has 0 spiro atoms. The number of amides is 1. The minimum Gasteiger partial charge on any atom is -0.315 e. The molecule has 26 heavy (non-hydrogen) atoms. The molecule has 0 N–H and O–H groups in total. The average Bonchev–Trinajstić information content (AvgIpc) is 3.15. The van der Waals surface area contributed by atoms with Crippen LogP contribution in [0.1, 0.15) is 32.1 Å². The van der Waals surface area contributed by atoms with Crippen LogP contribution in [0.4, 0.5) is 5.69 Å². The van der Waals surface area contributed by atoms with Crippen molar-refractivity contribution in [2.45, 2.75) is 38.6 Å². The predicted molar refractivity (Wildman–Crippen MR) is 106 cm³/mol. The molecule has 0 atom stereocenters. The zero-order valence-corrected chi connectivity index (χ0v) is 16.2. The smallest absolute Gasteiger partial charge is 0.229 e. The molecule has 5 heteroatoms. The van der Waals surface area contributed by atoms with E-state index < -0.39 is 0 Å². The molecule has 1 saturated carbocycles. The molecule has 1 amide bonds. The number of carbonyl (C=O) groups excluding carboxylic acids is 1. The second-order valence-electron chi connectivity index (χ2n) is 7.58. The molecule has 1 aliphatic carbocycles. The highest BCUT2D eigenvalue weighted by molar-refractivity contribution is 5.95. The fourth-order valence-corrected chi connectivity index (χ4v) is 3.58. The number of nitrogens with zero attached hydrogens (tertiary/aromatic N) is 4. The Hall–Kier alpha value is -2.14. The minimum atomic E-state index is 0.186. The zero-order valence-electron chi connectivity index (χ0n) is 16.2. The van der Waals surface area contributed by atoms with Crippen LogP contribution in [-0.4, -0.2) is 48.3 Å². The van der Waals surface area contributed by atoms with Crippen molar-refractivity contribution < 1.29 is 4.79 Å². The summed E-state index contributed by atoms with van der Waals surface area (Å²) >= 11 is 0. The number of benzene rings is 1. The molecule has 1 fully saturated rings. The largest absolute Gasteiger partial charge is 0.315 e. The molecule has 1 heterocycles. The molecule has 1 aromatic heterocycles. The highest BCUT2D eigenvalue weighted by Gasteiger charge is 2.24. The fourth-order valence-electron chi connectivity index (χ4n) is 3.58. The number of rotatable bonds is 6. The van der Waals surface area contributed by atoms with Gasteiger partial charge in [-0.05, 0) is 44.6 Å². The first-order valence-corrected chi connectivity index (χ1v) is 9.60. The standard InChI is InChI=1S/C21H30N4O/c1-23(2)12-13-25-16-19(15-22-25)18-10-7-11-20(14-18)24(3)21(26)17-8-5-4-6-9-17/h7,10-11,14-17H,4-6,8-9,12-13H2,1-3H3. The van der Waals surface area contributed by atoms with Crippen LogP contribution < -0.4 is 4.90 Å². The van der Waals surface area contributed by atoms with Gasteiger partial charge in [-0.1, -0.05) is 31.4 Å². The van der Waals surface area contributed by atoms with Crippen molar-refractivity contribution in [3.8, 4) is 11.1 Å². The molecule has 5 nitrogen and oxygen atoms in total. The van der Waals surface area contributed by atoms with E-state index in [1.165, 1.54) is 19.3 Å². The summed E-state index contributed by atoms with van der Waals surface area (Å²) in [5.41, 5.74) is 3.14. The van der Waals surface area contributed by atoms with Gasteiger partial charge in [0.15, 0.2) is 0 Å². The Bertz CT molecular complexity index is 731. The number of hydrogen-bond acceptors (Lipinski definition) is 3. The van der Waals surface area contributed by atoms with E-state index in [0.29, 0.717) is 0 Å². The summed E-state index contributed by atoms with van der Waals surface area (Å²) in [7, 11) is 6.02. The molecule has 0 saturated heterocycles. The van der Waals surface area contributed by atoms with Crippen molar-refractivity contribution in [3.05, 3.63) is 36.7 Å². The van der Waals surface area contributed by atoms with Gasteiger partial charge >= 0.3 is 0 Å². The van der Waals surface area contributed by atoms with Crippen LogP contribution in [0.3, 0.4) is 0 Å². The van der Waals surface area contributed by atoms with Crippen LogP contribution in [0, 0.1) is 5.92 Å². The Balaban J connectivity index is 1.72. The summed E-state index contributed by atoms with van der Waals surface area (Å²) < 4.78 is 1.97. The van der Waals surface area contributed by atoms with Crippen molar-refractivity contribution in [3.63, 3.8) is 0 Å². The molecule has 0 bridgehead atoms. The maximum absolute atomic E-state index is 12.8. The summed E-state index contributed by atoms with van der Waals surface area (Å²) in [5, 5.41) is 4.46. The van der Waals surface area contributed by atoms with Gasteiger partial charge < -0.3 is 9.80 Å². The van der Waals surface area contributed by atoms with Crippen LogP contribution >= 0.6 is 0 Å². The molecule has 3 rings (SSSR count).